The second-order valence-corrected chi connectivity index (χ2v) is 8.79. The quantitative estimate of drug-likeness (QED) is 0.680. The molecule has 0 aromatic heterocycles. The van der Waals surface area contributed by atoms with Gasteiger partial charge in [-0.3, -0.25) is 9.10 Å². The fourth-order valence-electron chi connectivity index (χ4n) is 3.04. The lowest BCUT2D eigenvalue weighted by Gasteiger charge is -2.29. The van der Waals surface area contributed by atoms with Crippen molar-refractivity contribution in [1.82, 2.24) is 5.32 Å². The predicted octanol–water partition coefficient (Wildman–Crippen LogP) is 3.39. The van der Waals surface area contributed by atoms with Gasteiger partial charge in [0, 0.05) is 5.56 Å². The molecule has 1 N–H and O–H groups in total. The fourth-order valence-corrected chi connectivity index (χ4v) is 4.46. The van der Waals surface area contributed by atoms with Crippen LogP contribution in [0.25, 0.3) is 0 Å². The minimum atomic E-state index is -3.76. The highest BCUT2D eigenvalue weighted by Crippen LogP contribution is 2.31. The predicted molar refractivity (Wildman–Crippen MR) is 114 cm³/mol. The number of benzene rings is 2. The molecule has 2 aromatic rings. The summed E-state index contributed by atoms with van der Waals surface area (Å²) in [6.45, 7) is 3.32. The summed E-state index contributed by atoms with van der Waals surface area (Å²) in [7, 11) is -0.750. The summed E-state index contributed by atoms with van der Waals surface area (Å²) in [6, 6.07) is 10.5. The smallest absolute Gasteiger partial charge is 0.244 e. The van der Waals surface area contributed by atoms with Crippen LogP contribution in [0.4, 0.5) is 5.69 Å². The summed E-state index contributed by atoms with van der Waals surface area (Å²) in [5.41, 5.74) is 1.06. The first-order chi connectivity index (χ1) is 13.6. The number of methoxy groups -OCH3 is 2. The third-order valence-electron chi connectivity index (χ3n) is 4.44. The van der Waals surface area contributed by atoms with Crippen molar-refractivity contribution < 1.29 is 22.7 Å². The van der Waals surface area contributed by atoms with E-state index in [0.717, 1.165) is 16.1 Å². The van der Waals surface area contributed by atoms with Gasteiger partial charge < -0.3 is 14.8 Å². The van der Waals surface area contributed by atoms with Crippen molar-refractivity contribution in [1.29, 1.82) is 0 Å². The number of sulfonamides is 1. The van der Waals surface area contributed by atoms with Crippen LogP contribution in [0, 0.1) is 0 Å². The molecule has 0 unspecified atom stereocenters. The van der Waals surface area contributed by atoms with Gasteiger partial charge in [-0.15, -0.1) is 0 Å². The molecule has 29 heavy (non-hydrogen) atoms. The van der Waals surface area contributed by atoms with Crippen LogP contribution in [-0.2, 0) is 14.8 Å². The molecule has 1 amide bonds. The number of para-hydroxylation sites is 1. The summed E-state index contributed by atoms with van der Waals surface area (Å²) in [6.07, 6.45) is 1.04. The number of rotatable bonds is 8. The van der Waals surface area contributed by atoms with Gasteiger partial charge in [0.05, 0.1) is 37.2 Å². The van der Waals surface area contributed by atoms with Crippen LogP contribution in [-0.4, -0.2) is 40.8 Å². The van der Waals surface area contributed by atoms with E-state index in [1.54, 1.807) is 32.2 Å². The molecule has 0 radical (unpaired) electrons. The summed E-state index contributed by atoms with van der Waals surface area (Å²) >= 11 is 6.14. The Labute approximate surface area is 176 Å². The molecule has 2 atom stereocenters. The molecule has 0 saturated carbocycles. The van der Waals surface area contributed by atoms with E-state index in [0.29, 0.717) is 11.5 Å². The summed E-state index contributed by atoms with van der Waals surface area (Å²) < 4.78 is 36.4. The highest BCUT2D eigenvalue weighted by atomic mass is 35.5. The van der Waals surface area contributed by atoms with Gasteiger partial charge in [-0.25, -0.2) is 8.42 Å². The average Bonchev–Trinajstić information content (AvgIpc) is 2.66. The number of halogens is 1. The standard InChI is InChI=1S/C20H25ClN2O5S/c1-13(16-8-6-7-9-18(16)27-3)22-20(24)14(2)23(29(5,25)26)15-10-11-19(28-4)17(21)12-15/h6-14H,1-5H3,(H,22,24)/t13-,14+/m1/s1. The van der Waals surface area contributed by atoms with Gasteiger partial charge in [-0.05, 0) is 38.1 Å². The van der Waals surface area contributed by atoms with Crippen LogP contribution in [0.5, 0.6) is 11.5 Å². The lowest BCUT2D eigenvalue weighted by Crippen LogP contribution is -2.48. The Morgan fingerprint density at radius 2 is 1.69 bits per heavy atom. The Kier molecular flexibility index (Phi) is 7.37. The van der Waals surface area contributed by atoms with E-state index in [4.69, 9.17) is 21.1 Å². The summed E-state index contributed by atoms with van der Waals surface area (Å²) in [5.74, 6) is 0.585. The second-order valence-electron chi connectivity index (χ2n) is 6.53. The fraction of sp³-hybridized carbons (Fsp3) is 0.350. The zero-order chi connectivity index (χ0) is 21.8. The third-order valence-corrected chi connectivity index (χ3v) is 5.98. The number of ether oxygens (including phenoxy) is 2. The van der Waals surface area contributed by atoms with Crippen molar-refractivity contribution in [3.8, 4) is 11.5 Å². The molecule has 9 heteroatoms. The molecule has 0 bridgehead atoms. The normalized spacial score (nSPS) is 13.3. The molecule has 7 nitrogen and oxygen atoms in total. The molecule has 0 heterocycles. The van der Waals surface area contributed by atoms with Crippen LogP contribution in [0.15, 0.2) is 42.5 Å². The minimum absolute atomic E-state index is 0.244. The van der Waals surface area contributed by atoms with E-state index < -0.39 is 22.0 Å². The topological polar surface area (TPSA) is 84.9 Å². The maximum atomic E-state index is 12.9. The van der Waals surface area contributed by atoms with E-state index in [-0.39, 0.29) is 16.8 Å². The van der Waals surface area contributed by atoms with Crippen LogP contribution in [0.2, 0.25) is 5.02 Å². The number of hydrogen-bond donors (Lipinski definition) is 1. The Morgan fingerprint density at radius 3 is 2.24 bits per heavy atom. The lowest BCUT2D eigenvalue weighted by atomic mass is 10.1. The summed E-state index contributed by atoms with van der Waals surface area (Å²) in [4.78, 5) is 12.9. The number of nitrogens with zero attached hydrogens (tertiary/aromatic N) is 1. The molecule has 158 valence electrons. The zero-order valence-electron chi connectivity index (χ0n) is 17.0. The van der Waals surface area contributed by atoms with Gasteiger partial charge >= 0.3 is 0 Å². The average molecular weight is 441 g/mol. The number of anilines is 1. The maximum Gasteiger partial charge on any atom is 0.244 e. The van der Waals surface area contributed by atoms with Crippen LogP contribution in [0.3, 0.4) is 0 Å². The van der Waals surface area contributed by atoms with Crippen molar-refractivity contribution in [2.75, 3.05) is 24.8 Å². The molecule has 0 aliphatic carbocycles. The highest BCUT2D eigenvalue weighted by Gasteiger charge is 2.30. The molecule has 0 aliphatic rings. The van der Waals surface area contributed by atoms with E-state index in [2.05, 4.69) is 5.32 Å². The van der Waals surface area contributed by atoms with Crippen LogP contribution in [0.1, 0.15) is 25.5 Å². The summed E-state index contributed by atoms with van der Waals surface area (Å²) in [5, 5.41) is 3.09. The Hall–Kier alpha value is -2.45. The number of carbonyl (C=O) groups is 1. The van der Waals surface area contributed by atoms with Crippen LogP contribution >= 0.6 is 11.6 Å². The van der Waals surface area contributed by atoms with E-state index >= 15 is 0 Å². The molecule has 0 spiro atoms. The third kappa shape index (κ3) is 5.33. The van der Waals surface area contributed by atoms with Crippen molar-refractivity contribution in [2.24, 2.45) is 0 Å². The van der Waals surface area contributed by atoms with E-state index in [1.165, 1.54) is 20.1 Å². The second kappa shape index (κ2) is 9.37. The van der Waals surface area contributed by atoms with Gasteiger partial charge in [0.25, 0.3) is 0 Å². The molecule has 0 fully saturated rings. The first kappa shape index (κ1) is 22.8. The van der Waals surface area contributed by atoms with E-state index in [9.17, 15) is 13.2 Å². The van der Waals surface area contributed by atoms with Gasteiger partial charge in [-0.2, -0.15) is 0 Å². The number of carbonyl (C=O) groups excluding carboxylic acids is 1. The monoisotopic (exact) mass is 440 g/mol. The van der Waals surface area contributed by atoms with Gasteiger partial charge in [0.15, 0.2) is 0 Å². The molecule has 0 aliphatic heterocycles. The highest BCUT2D eigenvalue weighted by molar-refractivity contribution is 7.92. The molecular formula is C20H25ClN2O5S. The van der Waals surface area contributed by atoms with E-state index in [1.807, 2.05) is 18.2 Å². The largest absolute Gasteiger partial charge is 0.496 e. The number of amides is 1. The molecular weight excluding hydrogens is 416 g/mol. The SMILES string of the molecule is COc1ccc(N([C@@H](C)C(=O)N[C@H](C)c2ccccc2OC)S(C)(=O)=O)cc1Cl. The molecule has 2 aromatic carbocycles. The van der Waals surface area contributed by atoms with Crippen molar-refractivity contribution >= 4 is 33.2 Å². The van der Waals surface area contributed by atoms with Crippen molar-refractivity contribution in [3.63, 3.8) is 0 Å². The Balaban J connectivity index is 2.31. The zero-order valence-corrected chi connectivity index (χ0v) is 18.5. The van der Waals surface area contributed by atoms with Gasteiger partial charge in [0.2, 0.25) is 15.9 Å². The van der Waals surface area contributed by atoms with Crippen LogP contribution < -0.4 is 19.1 Å². The number of hydrogen-bond acceptors (Lipinski definition) is 5. The molecule has 2 rings (SSSR count). The van der Waals surface area contributed by atoms with Gasteiger partial charge in [0.1, 0.15) is 17.5 Å². The lowest BCUT2D eigenvalue weighted by molar-refractivity contribution is -0.122. The Bertz CT molecular complexity index is 981. The van der Waals surface area contributed by atoms with Gasteiger partial charge in [-0.1, -0.05) is 29.8 Å². The minimum Gasteiger partial charge on any atom is -0.496 e. The first-order valence-corrected chi connectivity index (χ1v) is 11.1. The maximum absolute atomic E-state index is 12.9. The first-order valence-electron chi connectivity index (χ1n) is 8.86. The Morgan fingerprint density at radius 1 is 1.07 bits per heavy atom. The van der Waals surface area contributed by atoms with Crippen molar-refractivity contribution in [3.05, 3.63) is 53.1 Å². The van der Waals surface area contributed by atoms with Crippen molar-refractivity contribution in [2.45, 2.75) is 25.9 Å². The molecule has 0 saturated heterocycles. The number of nitrogens with one attached hydrogen (secondary N) is 1.